The van der Waals surface area contributed by atoms with Crippen molar-refractivity contribution in [2.75, 3.05) is 26.4 Å². The molecule has 2 heterocycles. The molecule has 18 atom stereocenters. The SMILES string of the molecule is CCCCCCCCCCCCCCCCCCC(=O)OCC1OC(OC2C(OC(=O)CCCCCCCCCCCCCCCCCC)C(O)C(O)C(OC3OC(CO)C(O)C(O)C3O)C2OP(=O)(O)OCC(COC(=O)CCCCCCCCCCCCCCCCC)OC(=O)CCCCCCCCCCCCCCC)C(O)C(O)C1O. The molecule has 1 aliphatic carbocycles. The molecule has 25 nitrogen and oxygen atoms in total. The minimum absolute atomic E-state index is 0.0205. The van der Waals surface area contributed by atoms with E-state index >= 15 is 0 Å². The van der Waals surface area contributed by atoms with Gasteiger partial charge < -0.3 is 88.7 Å². The summed E-state index contributed by atoms with van der Waals surface area (Å²) < 4.78 is 73.6. The summed E-state index contributed by atoms with van der Waals surface area (Å²) in [5, 5.41) is 102. The summed E-state index contributed by atoms with van der Waals surface area (Å²) in [5.74, 6) is -2.94. The largest absolute Gasteiger partial charge is 0.472 e. The van der Waals surface area contributed by atoms with Gasteiger partial charge in [-0.2, -0.15) is 0 Å². The Morgan fingerprint density at radius 3 is 0.916 bits per heavy atom. The van der Waals surface area contributed by atoms with Crippen LogP contribution in [-0.4, -0.2) is 205 Å². The first-order valence-electron chi connectivity index (χ1n) is 48.8. The van der Waals surface area contributed by atoms with Crippen LogP contribution in [0.3, 0.4) is 0 Å². The highest BCUT2D eigenvalue weighted by Crippen LogP contribution is 2.49. The second-order valence-electron chi connectivity index (χ2n) is 35.0. The van der Waals surface area contributed by atoms with Crippen LogP contribution < -0.4 is 0 Å². The molecule has 119 heavy (non-hydrogen) atoms. The number of ether oxygens (including phenoxy) is 8. The summed E-state index contributed by atoms with van der Waals surface area (Å²) in [6.07, 6.45) is 30.7. The second-order valence-corrected chi connectivity index (χ2v) is 36.4. The predicted octanol–water partition coefficient (Wildman–Crippen LogP) is 18.6. The molecule has 0 bridgehead atoms. The fourth-order valence-electron chi connectivity index (χ4n) is 16.4. The highest BCUT2D eigenvalue weighted by atomic mass is 31.2. The third-order valence-corrected chi connectivity index (χ3v) is 25.1. The van der Waals surface area contributed by atoms with Gasteiger partial charge in [0.1, 0.15) is 92.6 Å². The van der Waals surface area contributed by atoms with Crippen molar-refractivity contribution >= 4 is 31.7 Å². The van der Waals surface area contributed by atoms with Gasteiger partial charge in [-0.25, -0.2) is 4.57 Å². The Morgan fingerprint density at radius 2 is 0.580 bits per heavy atom. The van der Waals surface area contributed by atoms with E-state index in [0.29, 0.717) is 32.1 Å². The molecule has 10 N–H and O–H groups in total. The van der Waals surface area contributed by atoms with Crippen LogP contribution in [0.4, 0.5) is 0 Å². The van der Waals surface area contributed by atoms with Gasteiger partial charge in [0.05, 0.1) is 13.2 Å². The molecule has 3 fully saturated rings. The molecule has 3 aliphatic rings. The zero-order valence-corrected chi connectivity index (χ0v) is 75.8. The number of unbranched alkanes of at least 4 members (excludes halogenated alkanes) is 56. The zero-order valence-electron chi connectivity index (χ0n) is 74.9. The first kappa shape index (κ1) is 111. The summed E-state index contributed by atoms with van der Waals surface area (Å²) in [4.78, 5) is 66.5. The molecule has 26 heteroatoms. The van der Waals surface area contributed by atoms with Crippen LogP contribution >= 0.6 is 7.82 Å². The van der Waals surface area contributed by atoms with Gasteiger partial charge in [-0.05, 0) is 25.7 Å². The average molecular weight is 1720 g/mol. The summed E-state index contributed by atoms with van der Waals surface area (Å²) in [7, 11) is -5.80. The van der Waals surface area contributed by atoms with Gasteiger partial charge in [0, 0.05) is 25.7 Å². The molecule has 0 aromatic rings. The number of carbonyl (C=O) groups is 4. The molecule has 3 rings (SSSR count). The topological polar surface area (TPSA) is 380 Å². The van der Waals surface area contributed by atoms with E-state index in [9.17, 15) is 74.6 Å². The predicted molar refractivity (Wildman–Crippen MR) is 463 cm³/mol. The lowest BCUT2D eigenvalue weighted by Gasteiger charge is -2.50. The Balaban J connectivity index is 1.90. The van der Waals surface area contributed by atoms with Crippen LogP contribution in [0, 0.1) is 0 Å². The van der Waals surface area contributed by atoms with E-state index in [1.807, 2.05) is 0 Å². The Hall–Kier alpha value is -2.53. The van der Waals surface area contributed by atoms with Crippen LogP contribution in [0.2, 0.25) is 0 Å². The van der Waals surface area contributed by atoms with Crippen LogP contribution in [-0.2, 0) is 70.7 Å². The Labute approximate surface area is 719 Å². The van der Waals surface area contributed by atoms with Crippen molar-refractivity contribution in [1.29, 1.82) is 0 Å². The number of phosphoric acid groups is 1. The summed E-state index contributed by atoms with van der Waals surface area (Å²) in [5.41, 5.74) is 0. The van der Waals surface area contributed by atoms with E-state index in [4.69, 9.17) is 46.9 Å². The van der Waals surface area contributed by atoms with E-state index in [0.717, 1.165) is 128 Å². The maximum absolute atomic E-state index is 14.9. The third-order valence-electron chi connectivity index (χ3n) is 24.1. The van der Waals surface area contributed by atoms with Gasteiger partial charge in [-0.3, -0.25) is 28.2 Å². The van der Waals surface area contributed by atoms with Gasteiger partial charge in [0.15, 0.2) is 24.8 Å². The lowest BCUT2D eigenvalue weighted by molar-refractivity contribution is -0.360. The highest BCUT2D eigenvalue weighted by Gasteiger charge is 2.60. The normalized spacial score (nSPS) is 24.8. The van der Waals surface area contributed by atoms with Crippen molar-refractivity contribution in [2.45, 2.75) is 543 Å². The smallest absolute Gasteiger partial charge is 0.463 e. The van der Waals surface area contributed by atoms with Gasteiger partial charge in [0.2, 0.25) is 0 Å². The van der Waals surface area contributed by atoms with Crippen LogP contribution in [0.5, 0.6) is 0 Å². The minimum atomic E-state index is -5.80. The molecule has 0 radical (unpaired) electrons. The number of esters is 4. The minimum Gasteiger partial charge on any atom is -0.463 e. The van der Waals surface area contributed by atoms with E-state index in [1.165, 1.54) is 225 Å². The number of phosphoric ester groups is 1. The standard InChI is InChI=1S/C93H175O25P/c1-5-9-13-17-21-25-29-33-36-39-43-46-50-54-58-62-66-77(96)110-72-75-81(100)83(102)87(106)93(114-75)117-90-88(115-79(98)68-64-60-56-52-48-44-40-37-34-30-26-22-18-14-10-6-2)84(103)85(104)89(116-92-86(105)82(101)80(99)74(69-94)113-92)91(90)118-119(107,108)111-71-73(112-78(97)67-63-59-55-51-47-41-32-28-24-20-16-12-8-4)70-109-76(95)65-61-57-53-49-45-42-38-35-31-27-23-19-15-11-7-3/h73-75,80-94,99-106H,5-72H2,1-4H3,(H,107,108). The van der Waals surface area contributed by atoms with Gasteiger partial charge in [0.25, 0.3) is 0 Å². The number of carbonyl (C=O) groups excluding carboxylic acids is 4. The molecule has 2 aliphatic heterocycles. The van der Waals surface area contributed by atoms with Gasteiger partial charge in [-0.15, -0.1) is 0 Å². The Morgan fingerprint density at radius 1 is 0.303 bits per heavy atom. The van der Waals surface area contributed by atoms with Gasteiger partial charge >= 0.3 is 31.7 Å². The first-order chi connectivity index (χ1) is 57.7. The lowest BCUT2D eigenvalue weighted by Crippen LogP contribution is -2.70. The number of aliphatic hydroxyl groups is 9. The third kappa shape index (κ3) is 52.4. The summed E-state index contributed by atoms with van der Waals surface area (Å²) >= 11 is 0. The number of aliphatic hydroxyl groups excluding tert-OH is 9. The molecule has 2 saturated heterocycles. The maximum atomic E-state index is 14.9. The first-order valence-corrected chi connectivity index (χ1v) is 50.3. The molecule has 0 amide bonds. The van der Waals surface area contributed by atoms with Crippen LogP contribution in [0.1, 0.15) is 439 Å². The Bertz CT molecular complexity index is 2470. The van der Waals surface area contributed by atoms with Crippen molar-refractivity contribution in [3.63, 3.8) is 0 Å². The summed E-state index contributed by atoms with van der Waals surface area (Å²) in [6.45, 7) is 5.66. The molecule has 1 saturated carbocycles. The van der Waals surface area contributed by atoms with Crippen LogP contribution in [0.15, 0.2) is 0 Å². The quantitative estimate of drug-likeness (QED) is 0.0117. The van der Waals surface area contributed by atoms with Crippen molar-refractivity contribution in [3.8, 4) is 0 Å². The van der Waals surface area contributed by atoms with Crippen LogP contribution in [0.25, 0.3) is 0 Å². The van der Waals surface area contributed by atoms with E-state index in [2.05, 4.69) is 27.7 Å². The zero-order chi connectivity index (χ0) is 86.8. The molecule has 702 valence electrons. The maximum Gasteiger partial charge on any atom is 0.472 e. The molecule has 0 aromatic heterocycles. The van der Waals surface area contributed by atoms with Crippen molar-refractivity contribution in [1.82, 2.24) is 0 Å². The number of hydrogen-bond acceptors (Lipinski definition) is 24. The monoisotopic (exact) mass is 1720 g/mol. The fourth-order valence-corrected chi connectivity index (χ4v) is 17.3. The lowest BCUT2D eigenvalue weighted by atomic mass is 9.84. The van der Waals surface area contributed by atoms with E-state index in [1.54, 1.807) is 0 Å². The second kappa shape index (κ2) is 72.5. The summed E-state index contributed by atoms with van der Waals surface area (Å²) in [6, 6.07) is 0. The van der Waals surface area contributed by atoms with Crippen molar-refractivity contribution in [2.24, 2.45) is 0 Å². The molecular formula is C93H175O25P. The van der Waals surface area contributed by atoms with E-state index < -0.39 is 162 Å². The van der Waals surface area contributed by atoms with Crippen molar-refractivity contribution < 1.29 is 122 Å². The van der Waals surface area contributed by atoms with Gasteiger partial charge in [-0.1, -0.05) is 387 Å². The highest BCUT2D eigenvalue weighted by molar-refractivity contribution is 7.47. The average Bonchev–Trinajstić information content (AvgIpc) is 0.754. The molecule has 0 spiro atoms. The van der Waals surface area contributed by atoms with E-state index in [-0.39, 0.29) is 25.7 Å². The Kier molecular flexibility index (Phi) is 67.4. The number of rotatable bonds is 80. The molecular weight excluding hydrogens is 1550 g/mol. The molecule has 18 unspecified atom stereocenters. The fraction of sp³-hybridized carbons (Fsp3) is 0.957. The molecule has 0 aromatic carbocycles. The van der Waals surface area contributed by atoms with Crippen molar-refractivity contribution in [3.05, 3.63) is 0 Å². The number of hydrogen-bond donors (Lipinski definition) is 10.